The van der Waals surface area contributed by atoms with Gasteiger partial charge in [0, 0.05) is 11.8 Å². The Kier molecular flexibility index (Phi) is 2.70. The number of Topliss-reactive ketones (excluding diaryl/α,β-unsaturated/α-hetero) is 1. The van der Waals surface area contributed by atoms with Crippen LogP contribution in [0.3, 0.4) is 0 Å². The summed E-state index contributed by atoms with van der Waals surface area (Å²) < 4.78 is 0. The van der Waals surface area contributed by atoms with Gasteiger partial charge in [-0.15, -0.1) is 11.6 Å². The van der Waals surface area contributed by atoms with E-state index in [2.05, 4.69) is 0 Å². The minimum absolute atomic E-state index is 0.247. The summed E-state index contributed by atoms with van der Waals surface area (Å²) in [6.45, 7) is 1.36. The molecule has 0 radical (unpaired) electrons. The third-order valence-electron chi connectivity index (χ3n) is 2.10. The molecule has 1 aliphatic carbocycles. The van der Waals surface area contributed by atoms with E-state index in [1.54, 1.807) is 18.2 Å². The second kappa shape index (κ2) is 3.42. The number of rotatable bonds is 2. The molecule has 2 unspecified atom stereocenters. The second-order valence-corrected chi connectivity index (χ2v) is 3.19. The van der Waals surface area contributed by atoms with Crippen molar-refractivity contribution in [2.24, 2.45) is 5.92 Å². The molecule has 0 aromatic rings. The molecule has 0 aliphatic heterocycles. The van der Waals surface area contributed by atoms with Gasteiger partial charge in [0.1, 0.15) is 5.60 Å². The molecule has 1 N–H and O–H groups in total. The van der Waals surface area contributed by atoms with Gasteiger partial charge in [0.15, 0.2) is 5.78 Å². The van der Waals surface area contributed by atoms with Crippen LogP contribution in [0, 0.1) is 5.92 Å². The quantitative estimate of drug-likeness (QED) is 0.660. The van der Waals surface area contributed by atoms with E-state index in [-0.39, 0.29) is 17.6 Å². The van der Waals surface area contributed by atoms with Crippen molar-refractivity contribution in [3.8, 4) is 0 Å². The zero-order valence-electron chi connectivity index (χ0n) is 6.83. The molecule has 0 heterocycles. The van der Waals surface area contributed by atoms with E-state index >= 15 is 0 Å². The third-order valence-corrected chi connectivity index (χ3v) is 2.43. The van der Waals surface area contributed by atoms with Gasteiger partial charge in [0.25, 0.3) is 0 Å². The topological polar surface area (TPSA) is 37.3 Å². The Morgan fingerprint density at radius 1 is 1.67 bits per heavy atom. The zero-order chi connectivity index (χ0) is 9.19. The average molecular weight is 187 g/mol. The first-order valence-corrected chi connectivity index (χ1v) is 4.30. The van der Waals surface area contributed by atoms with E-state index in [0.717, 1.165) is 0 Å². The minimum Gasteiger partial charge on any atom is -0.377 e. The summed E-state index contributed by atoms with van der Waals surface area (Å²) in [6.07, 6.45) is 6.67. The van der Waals surface area contributed by atoms with Crippen molar-refractivity contribution in [1.29, 1.82) is 0 Å². The number of halogens is 1. The van der Waals surface area contributed by atoms with Crippen LogP contribution in [0.1, 0.15) is 6.92 Å². The van der Waals surface area contributed by atoms with Gasteiger partial charge >= 0.3 is 0 Å². The molecular weight excluding hydrogens is 176 g/mol. The Balaban J connectivity index is 2.94. The van der Waals surface area contributed by atoms with E-state index in [1.807, 2.05) is 0 Å². The van der Waals surface area contributed by atoms with E-state index in [0.29, 0.717) is 0 Å². The van der Waals surface area contributed by atoms with Crippen LogP contribution in [-0.2, 0) is 4.79 Å². The van der Waals surface area contributed by atoms with Gasteiger partial charge in [0.2, 0.25) is 0 Å². The van der Waals surface area contributed by atoms with Crippen molar-refractivity contribution in [2.75, 3.05) is 5.88 Å². The summed E-state index contributed by atoms with van der Waals surface area (Å²) in [5.74, 6) is -0.327. The highest BCUT2D eigenvalue weighted by atomic mass is 35.5. The number of carbonyl (C=O) groups excluding carboxylic acids is 1. The summed E-state index contributed by atoms with van der Waals surface area (Å²) in [4.78, 5) is 11.1. The molecule has 1 aliphatic rings. The van der Waals surface area contributed by atoms with Gasteiger partial charge in [-0.25, -0.2) is 0 Å². The fraction of sp³-hybridized carbons (Fsp3) is 0.444. The summed E-state index contributed by atoms with van der Waals surface area (Å²) in [7, 11) is 0. The van der Waals surface area contributed by atoms with Crippen LogP contribution in [-0.4, -0.2) is 22.4 Å². The molecule has 1 rings (SSSR count). The van der Waals surface area contributed by atoms with Crippen LogP contribution in [0.5, 0.6) is 0 Å². The molecule has 2 atom stereocenters. The molecule has 0 fully saturated rings. The minimum atomic E-state index is -1.39. The average Bonchev–Trinajstić information content (AvgIpc) is 2.05. The summed E-state index contributed by atoms with van der Waals surface area (Å²) >= 11 is 5.61. The molecule has 66 valence electrons. The maximum atomic E-state index is 11.1. The normalized spacial score (nSPS) is 33.8. The largest absolute Gasteiger partial charge is 0.377 e. The van der Waals surface area contributed by atoms with Crippen molar-refractivity contribution >= 4 is 17.4 Å². The molecule has 2 nitrogen and oxygen atoms in total. The molecular formula is C9H11ClO2. The summed E-state index contributed by atoms with van der Waals surface area (Å²) in [6, 6.07) is 0. The Morgan fingerprint density at radius 2 is 2.33 bits per heavy atom. The lowest BCUT2D eigenvalue weighted by Gasteiger charge is -2.29. The van der Waals surface area contributed by atoms with Crippen molar-refractivity contribution in [2.45, 2.75) is 12.5 Å². The molecule has 0 saturated carbocycles. The number of aliphatic hydroxyl groups is 1. The highest BCUT2D eigenvalue weighted by molar-refractivity contribution is 6.18. The number of hydrogen-bond acceptors (Lipinski definition) is 2. The number of alkyl halides is 1. The van der Waals surface area contributed by atoms with Crippen LogP contribution >= 0.6 is 11.6 Å². The highest BCUT2D eigenvalue weighted by Crippen LogP contribution is 2.26. The van der Waals surface area contributed by atoms with E-state index in [4.69, 9.17) is 11.6 Å². The first-order chi connectivity index (χ1) is 5.61. The van der Waals surface area contributed by atoms with E-state index < -0.39 is 5.60 Å². The molecule has 0 amide bonds. The lowest BCUT2D eigenvalue weighted by atomic mass is 9.82. The van der Waals surface area contributed by atoms with Gasteiger partial charge in [-0.2, -0.15) is 0 Å². The fourth-order valence-electron chi connectivity index (χ4n) is 1.22. The van der Waals surface area contributed by atoms with Gasteiger partial charge in [-0.1, -0.05) is 18.2 Å². The van der Waals surface area contributed by atoms with Crippen molar-refractivity contribution < 1.29 is 9.90 Å². The lowest BCUT2D eigenvalue weighted by Crippen LogP contribution is -2.43. The van der Waals surface area contributed by atoms with Crippen molar-refractivity contribution in [1.82, 2.24) is 0 Å². The Hall–Kier alpha value is -0.600. The second-order valence-electron chi connectivity index (χ2n) is 2.89. The number of hydrogen-bond donors (Lipinski definition) is 1. The van der Waals surface area contributed by atoms with Crippen molar-refractivity contribution in [3.63, 3.8) is 0 Å². The SMILES string of the molecule is CC(=O)C1(O)C=CC=CC1CCl. The van der Waals surface area contributed by atoms with E-state index in [9.17, 15) is 9.90 Å². The summed E-state index contributed by atoms with van der Waals surface area (Å²) in [5.41, 5.74) is -1.39. The number of allylic oxidation sites excluding steroid dienone is 2. The maximum Gasteiger partial charge on any atom is 0.165 e. The predicted molar refractivity (Wildman–Crippen MR) is 48.1 cm³/mol. The number of carbonyl (C=O) groups is 1. The van der Waals surface area contributed by atoms with Crippen LogP contribution in [0.15, 0.2) is 24.3 Å². The maximum absolute atomic E-state index is 11.1. The Bertz CT molecular complexity index is 245. The van der Waals surface area contributed by atoms with Crippen LogP contribution in [0.4, 0.5) is 0 Å². The molecule has 0 bridgehead atoms. The van der Waals surface area contributed by atoms with Gasteiger partial charge in [0.05, 0.1) is 0 Å². The zero-order valence-corrected chi connectivity index (χ0v) is 7.58. The van der Waals surface area contributed by atoms with Gasteiger partial charge < -0.3 is 5.11 Å². The smallest absolute Gasteiger partial charge is 0.165 e. The van der Waals surface area contributed by atoms with Crippen LogP contribution < -0.4 is 0 Å². The third kappa shape index (κ3) is 1.45. The van der Waals surface area contributed by atoms with Crippen LogP contribution in [0.2, 0.25) is 0 Å². The molecule has 12 heavy (non-hydrogen) atoms. The van der Waals surface area contributed by atoms with Gasteiger partial charge in [-0.05, 0) is 13.0 Å². The molecule has 0 spiro atoms. The van der Waals surface area contributed by atoms with E-state index in [1.165, 1.54) is 13.0 Å². The lowest BCUT2D eigenvalue weighted by molar-refractivity contribution is -0.133. The summed E-state index contributed by atoms with van der Waals surface area (Å²) in [5, 5.41) is 9.84. The first-order valence-electron chi connectivity index (χ1n) is 3.76. The van der Waals surface area contributed by atoms with Crippen molar-refractivity contribution in [3.05, 3.63) is 24.3 Å². The number of ketones is 1. The fourth-order valence-corrected chi connectivity index (χ4v) is 1.56. The van der Waals surface area contributed by atoms with Gasteiger partial charge in [-0.3, -0.25) is 4.79 Å². The van der Waals surface area contributed by atoms with Crippen LogP contribution in [0.25, 0.3) is 0 Å². The monoisotopic (exact) mass is 186 g/mol. The first kappa shape index (κ1) is 9.49. The molecule has 0 saturated heterocycles. The Morgan fingerprint density at radius 3 is 2.75 bits per heavy atom. The molecule has 0 aromatic carbocycles. The Labute approximate surface area is 76.5 Å². The molecule has 3 heteroatoms. The highest BCUT2D eigenvalue weighted by Gasteiger charge is 2.37. The molecule has 0 aromatic heterocycles. The predicted octanol–water partition coefficient (Wildman–Crippen LogP) is 1.29. The standard InChI is InChI=1S/C9H11ClO2/c1-7(11)9(12)5-3-2-4-8(9)6-10/h2-5,8,12H,6H2,1H3.